The molecule has 0 aliphatic carbocycles. The van der Waals surface area contributed by atoms with Crippen molar-refractivity contribution in [2.45, 2.75) is 6.18 Å². The minimum atomic E-state index is -4.40. The van der Waals surface area contributed by atoms with E-state index < -0.39 is 11.7 Å². The lowest BCUT2D eigenvalue weighted by Crippen LogP contribution is -2.51. The summed E-state index contributed by atoms with van der Waals surface area (Å²) in [7, 11) is 0. The number of aromatic nitrogens is 2. The van der Waals surface area contributed by atoms with Crippen LogP contribution >= 0.6 is 0 Å². The molecule has 37 heavy (non-hydrogen) atoms. The van der Waals surface area contributed by atoms with Crippen LogP contribution < -0.4 is 14.5 Å². The molecule has 2 aliphatic rings. The molecule has 6 rings (SSSR count). The molecule has 10 heteroatoms. The van der Waals surface area contributed by atoms with Crippen LogP contribution in [0.2, 0.25) is 0 Å². The molecule has 1 amide bonds. The number of halogens is 3. The van der Waals surface area contributed by atoms with E-state index in [1.54, 1.807) is 11.0 Å². The van der Waals surface area contributed by atoms with Crippen LogP contribution in [0.4, 0.5) is 30.4 Å². The molecule has 188 valence electrons. The van der Waals surface area contributed by atoms with Crippen LogP contribution in [0.25, 0.3) is 11.0 Å². The first kappa shape index (κ1) is 23.1. The molecule has 4 aromatic rings. The van der Waals surface area contributed by atoms with Crippen LogP contribution in [0.3, 0.4) is 0 Å². The van der Waals surface area contributed by atoms with Gasteiger partial charge in [-0.3, -0.25) is 4.79 Å². The molecule has 3 aromatic carbocycles. The predicted molar refractivity (Wildman–Crippen MR) is 133 cm³/mol. The van der Waals surface area contributed by atoms with Crippen molar-refractivity contribution in [1.82, 2.24) is 14.9 Å². The van der Waals surface area contributed by atoms with E-state index in [1.807, 2.05) is 58.3 Å². The number of alkyl halides is 3. The Morgan fingerprint density at radius 2 is 1.57 bits per heavy atom. The first-order valence-electron chi connectivity index (χ1n) is 11.9. The molecule has 0 saturated carbocycles. The van der Waals surface area contributed by atoms with E-state index in [2.05, 4.69) is 4.98 Å². The molecule has 1 aromatic heterocycles. The molecule has 0 unspecified atom stereocenters. The summed E-state index contributed by atoms with van der Waals surface area (Å²) in [6.45, 7) is 1.71. The van der Waals surface area contributed by atoms with Crippen molar-refractivity contribution in [3.63, 3.8) is 0 Å². The average molecular weight is 506 g/mol. The first-order chi connectivity index (χ1) is 17.9. The van der Waals surface area contributed by atoms with Crippen molar-refractivity contribution in [3.05, 3.63) is 78.4 Å². The summed E-state index contributed by atoms with van der Waals surface area (Å²) in [5, 5.41) is 0. The zero-order valence-corrected chi connectivity index (χ0v) is 19.7. The molecular weight excluding hydrogens is 483 g/mol. The number of hydrogen-bond acceptors (Lipinski definition) is 6. The Morgan fingerprint density at radius 1 is 0.865 bits per heavy atom. The normalized spacial score (nSPS) is 15.3. The maximum Gasteiger partial charge on any atom is 0.416 e. The van der Waals surface area contributed by atoms with Crippen LogP contribution in [-0.4, -0.2) is 53.5 Å². The van der Waals surface area contributed by atoms with E-state index in [0.29, 0.717) is 60.3 Å². The van der Waals surface area contributed by atoms with Crippen LogP contribution in [-0.2, 0) is 11.0 Å². The fourth-order valence-electron chi connectivity index (χ4n) is 4.69. The van der Waals surface area contributed by atoms with E-state index in [-0.39, 0.29) is 12.5 Å². The van der Waals surface area contributed by atoms with Gasteiger partial charge in [-0.2, -0.15) is 13.2 Å². The zero-order valence-electron chi connectivity index (χ0n) is 19.7. The summed E-state index contributed by atoms with van der Waals surface area (Å²) in [6.07, 6.45) is -4.40. The monoisotopic (exact) mass is 505 g/mol. The lowest BCUT2D eigenvalue weighted by atomic mass is 10.1. The highest BCUT2D eigenvalue weighted by molar-refractivity contribution is 5.89. The highest BCUT2D eigenvalue weighted by atomic mass is 19.4. The fourth-order valence-corrected chi connectivity index (χ4v) is 4.69. The molecule has 0 bridgehead atoms. The van der Waals surface area contributed by atoms with Crippen molar-refractivity contribution in [1.29, 1.82) is 0 Å². The highest BCUT2D eigenvalue weighted by Gasteiger charge is 2.33. The minimum Gasteiger partial charge on any atom is -0.434 e. The summed E-state index contributed by atoms with van der Waals surface area (Å²) in [5.41, 5.74) is 1.92. The van der Waals surface area contributed by atoms with Gasteiger partial charge >= 0.3 is 6.18 Å². The van der Waals surface area contributed by atoms with E-state index >= 15 is 0 Å². The standard InChI is InChI=1S/C27H22F3N5O2/c28-27(29,30)18-6-5-7-19(16-18)33-12-14-34(15-13-33)24(36)17-35-22-10-3-4-11-23(22)37-26-25(35)31-20-8-1-2-9-21(20)32-26/h1-11,16H,12-15,17H2. The number of fused-ring (bicyclic) bond motifs is 3. The van der Waals surface area contributed by atoms with Crippen molar-refractivity contribution in [2.24, 2.45) is 0 Å². The summed E-state index contributed by atoms with van der Waals surface area (Å²) in [4.78, 5) is 28.2. The number of piperazine rings is 1. The Kier molecular flexibility index (Phi) is 5.58. The van der Waals surface area contributed by atoms with Crippen molar-refractivity contribution >= 4 is 34.1 Å². The van der Waals surface area contributed by atoms with Gasteiger partial charge in [0.25, 0.3) is 5.88 Å². The Balaban J connectivity index is 1.21. The smallest absolute Gasteiger partial charge is 0.416 e. The number of ether oxygens (including phenoxy) is 1. The number of benzene rings is 3. The van der Waals surface area contributed by atoms with Gasteiger partial charge in [0, 0.05) is 31.9 Å². The van der Waals surface area contributed by atoms with Gasteiger partial charge in [0.1, 0.15) is 6.54 Å². The first-order valence-corrected chi connectivity index (χ1v) is 11.9. The van der Waals surface area contributed by atoms with E-state index in [0.717, 1.165) is 17.8 Å². The summed E-state index contributed by atoms with van der Waals surface area (Å²) >= 11 is 0. The largest absolute Gasteiger partial charge is 0.434 e. The Bertz CT molecular complexity index is 1480. The molecule has 3 heterocycles. The maximum atomic E-state index is 13.4. The van der Waals surface area contributed by atoms with E-state index in [9.17, 15) is 18.0 Å². The molecule has 0 N–H and O–H groups in total. The highest BCUT2D eigenvalue weighted by Crippen LogP contribution is 2.45. The quantitative estimate of drug-likeness (QED) is 0.380. The number of hydrogen-bond donors (Lipinski definition) is 0. The molecule has 1 saturated heterocycles. The van der Waals surface area contributed by atoms with Gasteiger partial charge in [-0.05, 0) is 42.5 Å². The molecule has 0 atom stereocenters. The van der Waals surface area contributed by atoms with Crippen molar-refractivity contribution < 1.29 is 22.7 Å². The number of rotatable bonds is 3. The number of anilines is 3. The maximum absolute atomic E-state index is 13.4. The second kappa shape index (κ2) is 8.95. The Labute approximate surface area is 210 Å². The predicted octanol–water partition coefficient (Wildman–Crippen LogP) is 5.24. The second-order valence-corrected chi connectivity index (χ2v) is 8.91. The number of nitrogens with zero attached hydrogens (tertiary/aromatic N) is 5. The van der Waals surface area contributed by atoms with Gasteiger partial charge in [-0.1, -0.05) is 30.3 Å². The summed E-state index contributed by atoms with van der Waals surface area (Å²) < 4.78 is 45.4. The molecular formula is C27H22F3N5O2. The molecule has 1 fully saturated rings. The van der Waals surface area contributed by atoms with Crippen molar-refractivity contribution in [3.8, 4) is 11.6 Å². The second-order valence-electron chi connectivity index (χ2n) is 8.91. The lowest BCUT2D eigenvalue weighted by molar-refractivity contribution is -0.137. The number of para-hydroxylation sites is 4. The topological polar surface area (TPSA) is 61.8 Å². The molecule has 0 radical (unpaired) electrons. The van der Waals surface area contributed by atoms with Gasteiger partial charge < -0.3 is 19.4 Å². The molecule has 0 spiro atoms. The fraction of sp³-hybridized carbons (Fsp3) is 0.222. The molecule has 2 aliphatic heterocycles. The third kappa shape index (κ3) is 4.39. The Hall–Kier alpha value is -4.34. The van der Waals surface area contributed by atoms with E-state index in [4.69, 9.17) is 9.72 Å². The number of carbonyl (C=O) groups excluding carboxylic acids is 1. The number of carbonyl (C=O) groups is 1. The van der Waals surface area contributed by atoms with Gasteiger partial charge in [-0.15, -0.1) is 0 Å². The van der Waals surface area contributed by atoms with Crippen LogP contribution in [0.5, 0.6) is 11.6 Å². The third-order valence-electron chi connectivity index (χ3n) is 6.60. The Morgan fingerprint density at radius 3 is 2.32 bits per heavy atom. The summed E-state index contributed by atoms with van der Waals surface area (Å²) in [5.74, 6) is 1.27. The van der Waals surface area contributed by atoms with E-state index in [1.165, 1.54) is 6.07 Å². The SMILES string of the molecule is O=C(CN1c2ccccc2Oc2nc3ccccc3nc21)N1CCN(c2cccc(C(F)(F)F)c2)CC1. The number of amides is 1. The molecule has 7 nitrogen and oxygen atoms in total. The third-order valence-corrected chi connectivity index (χ3v) is 6.60. The van der Waals surface area contributed by atoms with Crippen LogP contribution in [0.15, 0.2) is 72.8 Å². The average Bonchev–Trinajstić information content (AvgIpc) is 2.91. The van der Waals surface area contributed by atoms with Crippen LogP contribution in [0.1, 0.15) is 5.56 Å². The lowest BCUT2D eigenvalue weighted by Gasteiger charge is -2.38. The van der Waals surface area contributed by atoms with Gasteiger partial charge in [0.15, 0.2) is 11.6 Å². The zero-order chi connectivity index (χ0) is 25.6. The minimum absolute atomic E-state index is 0.0317. The van der Waals surface area contributed by atoms with Gasteiger partial charge in [0.2, 0.25) is 5.91 Å². The van der Waals surface area contributed by atoms with Crippen LogP contribution in [0, 0.1) is 0 Å². The van der Waals surface area contributed by atoms with Gasteiger partial charge in [0.05, 0.1) is 22.3 Å². The van der Waals surface area contributed by atoms with Crippen molar-refractivity contribution in [2.75, 3.05) is 42.5 Å². The van der Waals surface area contributed by atoms with Gasteiger partial charge in [-0.25, -0.2) is 9.97 Å². The summed E-state index contributed by atoms with van der Waals surface area (Å²) in [6, 6.07) is 20.2.